The third kappa shape index (κ3) is 3.14. The van der Waals surface area contributed by atoms with Crippen molar-refractivity contribution in [1.82, 2.24) is 15.1 Å². The molecule has 0 fully saturated rings. The lowest BCUT2D eigenvalue weighted by Crippen LogP contribution is -2.35. The van der Waals surface area contributed by atoms with Crippen LogP contribution in [0.2, 0.25) is 0 Å². The van der Waals surface area contributed by atoms with Gasteiger partial charge in [-0.2, -0.15) is 5.10 Å². The zero-order valence-corrected chi connectivity index (χ0v) is 11.4. The van der Waals surface area contributed by atoms with Crippen molar-refractivity contribution < 1.29 is 9.18 Å². The summed E-state index contributed by atoms with van der Waals surface area (Å²) in [6.45, 7) is 1.88. The van der Waals surface area contributed by atoms with Crippen molar-refractivity contribution in [3.8, 4) is 0 Å². The molecule has 1 aromatic heterocycles. The second-order valence-corrected chi connectivity index (χ2v) is 4.78. The first-order chi connectivity index (χ1) is 9.47. The molecule has 0 aliphatic heterocycles. The first-order valence-corrected chi connectivity index (χ1v) is 6.30. The van der Waals surface area contributed by atoms with Gasteiger partial charge in [0.05, 0.1) is 11.9 Å². The smallest absolute Gasteiger partial charge is 0.271 e. The van der Waals surface area contributed by atoms with Crippen molar-refractivity contribution in [3.05, 3.63) is 47.5 Å². The Labute approximate surface area is 116 Å². The van der Waals surface area contributed by atoms with Gasteiger partial charge in [0.1, 0.15) is 11.5 Å². The second-order valence-electron chi connectivity index (χ2n) is 4.78. The highest BCUT2D eigenvalue weighted by Gasteiger charge is 2.17. The molecule has 1 unspecified atom stereocenters. The normalized spacial score (nSPS) is 12.2. The topological polar surface area (TPSA) is 72.9 Å². The van der Waals surface area contributed by atoms with Gasteiger partial charge in [-0.1, -0.05) is 12.1 Å². The molecule has 106 valence electrons. The summed E-state index contributed by atoms with van der Waals surface area (Å²) in [5, 5.41) is 6.78. The number of aromatic nitrogens is 2. The van der Waals surface area contributed by atoms with Crippen molar-refractivity contribution in [2.24, 2.45) is 7.05 Å². The zero-order valence-electron chi connectivity index (χ0n) is 11.4. The number of rotatable bonds is 4. The lowest BCUT2D eigenvalue weighted by Gasteiger charge is -2.14. The summed E-state index contributed by atoms with van der Waals surface area (Å²) < 4.78 is 14.3. The first-order valence-electron chi connectivity index (χ1n) is 6.30. The van der Waals surface area contributed by atoms with Crippen molar-refractivity contribution in [2.45, 2.75) is 19.4 Å². The van der Waals surface area contributed by atoms with E-state index in [-0.39, 0.29) is 17.8 Å². The number of nitrogens with zero attached hydrogens (tertiary/aromatic N) is 2. The van der Waals surface area contributed by atoms with Gasteiger partial charge in [-0.05, 0) is 31.0 Å². The van der Waals surface area contributed by atoms with Crippen LogP contribution in [-0.4, -0.2) is 21.7 Å². The van der Waals surface area contributed by atoms with Crippen LogP contribution in [0.1, 0.15) is 23.0 Å². The van der Waals surface area contributed by atoms with Crippen LogP contribution in [0, 0.1) is 5.82 Å². The second kappa shape index (κ2) is 5.73. The first kappa shape index (κ1) is 14.0. The molecule has 0 saturated carbocycles. The Balaban J connectivity index is 1.99. The van der Waals surface area contributed by atoms with E-state index < -0.39 is 0 Å². The number of amides is 1. The Bertz CT molecular complexity index is 587. The number of anilines is 1. The molecule has 0 bridgehead atoms. The molecule has 2 rings (SSSR count). The fraction of sp³-hybridized carbons (Fsp3) is 0.286. The molecule has 2 aromatic rings. The van der Waals surface area contributed by atoms with Crippen LogP contribution in [0.3, 0.4) is 0 Å². The monoisotopic (exact) mass is 276 g/mol. The third-order valence-corrected chi connectivity index (χ3v) is 3.01. The van der Waals surface area contributed by atoms with E-state index in [9.17, 15) is 9.18 Å². The zero-order chi connectivity index (χ0) is 14.7. The van der Waals surface area contributed by atoms with Crippen LogP contribution in [-0.2, 0) is 13.5 Å². The third-order valence-electron chi connectivity index (χ3n) is 3.01. The molecule has 0 aliphatic rings. The largest absolute Gasteiger partial charge is 0.396 e. The molecular weight excluding hydrogens is 259 g/mol. The highest BCUT2D eigenvalue weighted by Crippen LogP contribution is 2.10. The number of aryl methyl sites for hydroxylation is 1. The number of nitrogens with one attached hydrogen (secondary N) is 1. The van der Waals surface area contributed by atoms with E-state index in [1.165, 1.54) is 23.0 Å². The van der Waals surface area contributed by atoms with Crippen molar-refractivity contribution in [3.63, 3.8) is 0 Å². The average Bonchev–Trinajstić information content (AvgIpc) is 2.72. The maximum absolute atomic E-state index is 12.8. The number of benzene rings is 1. The molecule has 0 radical (unpaired) electrons. The lowest BCUT2D eigenvalue weighted by molar-refractivity contribution is 0.0931. The molecule has 6 heteroatoms. The Morgan fingerprint density at radius 2 is 2.10 bits per heavy atom. The van der Waals surface area contributed by atoms with Gasteiger partial charge in [-0.15, -0.1) is 0 Å². The van der Waals surface area contributed by atoms with Crippen LogP contribution in [0.4, 0.5) is 10.1 Å². The fourth-order valence-electron chi connectivity index (χ4n) is 2.05. The molecule has 3 N–H and O–H groups in total. The number of halogens is 1. The lowest BCUT2D eigenvalue weighted by atomic mass is 10.1. The van der Waals surface area contributed by atoms with Crippen LogP contribution in [0.15, 0.2) is 30.5 Å². The van der Waals surface area contributed by atoms with Gasteiger partial charge in [0, 0.05) is 13.1 Å². The SMILES string of the molecule is CC(Cc1ccc(F)cc1)NC(=O)c1c(N)cnn1C. The van der Waals surface area contributed by atoms with E-state index in [4.69, 9.17) is 5.73 Å². The highest BCUT2D eigenvalue weighted by atomic mass is 19.1. The predicted molar refractivity (Wildman–Crippen MR) is 74.7 cm³/mol. The van der Waals surface area contributed by atoms with Crippen molar-refractivity contribution >= 4 is 11.6 Å². The summed E-state index contributed by atoms with van der Waals surface area (Å²) in [6.07, 6.45) is 2.06. The van der Waals surface area contributed by atoms with E-state index in [1.54, 1.807) is 19.2 Å². The fourth-order valence-corrected chi connectivity index (χ4v) is 2.05. The number of nitrogen functional groups attached to an aromatic ring is 1. The molecule has 0 aliphatic carbocycles. The van der Waals surface area contributed by atoms with Gasteiger partial charge >= 0.3 is 0 Å². The van der Waals surface area contributed by atoms with E-state index in [1.807, 2.05) is 6.92 Å². The molecular formula is C14H17FN4O. The number of nitrogens with two attached hydrogens (primary N) is 1. The van der Waals surface area contributed by atoms with Gasteiger partial charge in [-0.25, -0.2) is 4.39 Å². The summed E-state index contributed by atoms with van der Waals surface area (Å²) in [7, 11) is 1.66. The summed E-state index contributed by atoms with van der Waals surface area (Å²) in [6, 6.07) is 6.13. The molecule has 1 atom stereocenters. The minimum absolute atomic E-state index is 0.0951. The van der Waals surface area contributed by atoms with Gasteiger partial charge in [0.15, 0.2) is 0 Å². The summed E-state index contributed by atoms with van der Waals surface area (Å²) in [4.78, 5) is 12.1. The van der Waals surface area contributed by atoms with Crippen molar-refractivity contribution in [2.75, 3.05) is 5.73 Å². The van der Waals surface area contributed by atoms with Crippen molar-refractivity contribution in [1.29, 1.82) is 0 Å². The molecule has 0 saturated heterocycles. The number of carbonyl (C=O) groups excluding carboxylic acids is 1. The number of hydrogen-bond acceptors (Lipinski definition) is 3. The Hall–Kier alpha value is -2.37. The summed E-state index contributed by atoms with van der Waals surface area (Å²) in [5.41, 5.74) is 7.35. The van der Waals surface area contributed by atoms with E-state index in [2.05, 4.69) is 10.4 Å². The van der Waals surface area contributed by atoms with Crippen LogP contribution >= 0.6 is 0 Å². The molecule has 1 heterocycles. The van der Waals surface area contributed by atoms with Gasteiger partial charge in [0.25, 0.3) is 5.91 Å². The van der Waals surface area contributed by atoms with Gasteiger partial charge < -0.3 is 11.1 Å². The molecule has 1 aromatic carbocycles. The quantitative estimate of drug-likeness (QED) is 0.889. The predicted octanol–water partition coefficient (Wildman–Crippen LogP) is 1.50. The van der Waals surface area contributed by atoms with E-state index >= 15 is 0 Å². The molecule has 0 spiro atoms. The van der Waals surface area contributed by atoms with Crippen LogP contribution in [0.25, 0.3) is 0 Å². The minimum Gasteiger partial charge on any atom is -0.396 e. The maximum atomic E-state index is 12.8. The molecule has 5 nitrogen and oxygen atoms in total. The molecule has 1 amide bonds. The van der Waals surface area contributed by atoms with Gasteiger partial charge in [0.2, 0.25) is 0 Å². The summed E-state index contributed by atoms with van der Waals surface area (Å²) in [5.74, 6) is -0.537. The van der Waals surface area contributed by atoms with Gasteiger partial charge in [-0.3, -0.25) is 9.48 Å². The number of carbonyl (C=O) groups is 1. The highest BCUT2D eigenvalue weighted by molar-refractivity contribution is 5.97. The standard InChI is InChI=1S/C14H17FN4O/c1-9(7-10-3-5-11(15)6-4-10)18-14(20)13-12(16)8-17-19(13)2/h3-6,8-9H,7,16H2,1-2H3,(H,18,20). The maximum Gasteiger partial charge on any atom is 0.271 e. The Kier molecular flexibility index (Phi) is 4.02. The average molecular weight is 276 g/mol. The minimum atomic E-state index is -0.270. The van der Waals surface area contributed by atoms with E-state index in [0.29, 0.717) is 17.8 Å². The Morgan fingerprint density at radius 3 is 2.65 bits per heavy atom. The molecule has 20 heavy (non-hydrogen) atoms. The van der Waals surface area contributed by atoms with Crippen LogP contribution in [0.5, 0.6) is 0 Å². The number of hydrogen-bond donors (Lipinski definition) is 2. The van der Waals surface area contributed by atoms with E-state index in [0.717, 1.165) is 5.56 Å². The van der Waals surface area contributed by atoms with Crippen LogP contribution < -0.4 is 11.1 Å². The summed E-state index contributed by atoms with van der Waals surface area (Å²) >= 11 is 0. The Morgan fingerprint density at radius 1 is 1.45 bits per heavy atom.